The van der Waals surface area contributed by atoms with Crippen molar-refractivity contribution in [2.75, 3.05) is 13.7 Å². The van der Waals surface area contributed by atoms with Crippen molar-refractivity contribution >= 4 is 0 Å². The molecule has 0 aliphatic rings. The van der Waals surface area contributed by atoms with Gasteiger partial charge in [-0.1, -0.05) is 12.1 Å². The average molecular weight is 225 g/mol. The molecule has 0 fully saturated rings. The molecular weight excluding hydrogens is 205 g/mol. The van der Waals surface area contributed by atoms with Crippen molar-refractivity contribution in [3.63, 3.8) is 0 Å². The normalized spacial score (nSPS) is 12.5. The Morgan fingerprint density at radius 2 is 2.12 bits per heavy atom. The Morgan fingerprint density at radius 1 is 1.38 bits per heavy atom. The SMILES string of the molecule is COc1cccc(C(C)F)c1CCCCN. The number of nitrogens with two attached hydrogens (primary N) is 1. The van der Waals surface area contributed by atoms with Gasteiger partial charge in [0.25, 0.3) is 0 Å². The molecule has 0 spiro atoms. The van der Waals surface area contributed by atoms with E-state index in [4.69, 9.17) is 10.5 Å². The molecule has 0 aromatic heterocycles. The van der Waals surface area contributed by atoms with Gasteiger partial charge in [0.1, 0.15) is 11.9 Å². The van der Waals surface area contributed by atoms with Gasteiger partial charge in [0.05, 0.1) is 7.11 Å². The molecule has 1 aromatic carbocycles. The van der Waals surface area contributed by atoms with Crippen molar-refractivity contribution in [1.29, 1.82) is 0 Å². The number of hydrogen-bond donors (Lipinski definition) is 1. The highest BCUT2D eigenvalue weighted by Crippen LogP contribution is 2.29. The van der Waals surface area contributed by atoms with Crippen LogP contribution < -0.4 is 10.5 Å². The molecule has 0 bridgehead atoms. The lowest BCUT2D eigenvalue weighted by Crippen LogP contribution is -2.03. The summed E-state index contributed by atoms with van der Waals surface area (Å²) in [5, 5.41) is 0. The second-order valence-electron chi connectivity index (χ2n) is 3.89. The van der Waals surface area contributed by atoms with Gasteiger partial charge in [-0.3, -0.25) is 0 Å². The van der Waals surface area contributed by atoms with Crippen molar-refractivity contribution in [1.82, 2.24) is 0 Å². The molecule has 16 heavy (non-hydrogen) atoms. The first-order valence-corrected chi connectivity index (χ1v) is 5.70. The van der Waals surface area contributed by atoms with Crippen LogP contribution in [0.1, 0.15) is 37.1 Å². The van der Waals surface area contributed by atoms with Crippen LogP contribution in [-0.2, 0) is 6.42 Å². The van der Waals surface area contributed by atoms with Gasteiger partial charge in [-0.15, -0.1) is 0 Å². The maximum atomic E-state index is 13.4. The van der Waals surface area contributed by atoms with E-state index in [-0.39, 0.29) is 0 Å². The predicted molar refractivity (Wildman–Crippen MR) is 64.5 cm³/mol. The van der Waals surface area contributed by atoms with E-state index in [1.807, 2.05) is 18.2 Å². The molecule has 0 aliphatic carbocycles. The average Bonchev–Trinajstić information content (AvgIpc) is 2.29. The van der Waals surface area contributed by atoms with E-state index in [1.54, 1.807) is 14.0 Å². The Balaban J connectivity index is 2.91. The molecule has 0 aliphatic heterocycles. The smallest absolute Gasteiger partial charge is 0.123 e. The number of methoxy groups -OCH3 is 1. The molecule has 0 saturated heterocycles. The number of hydrogen-bond acceptors (Lipinski definition) is 2. The molecule has 0 radical (unpaired) electrons. The van der Waals surface area contributed by atoms with Crippen LogP contribution in [0.25, 0.3) is 0 Å². The summed E-state index contributed by atoms with van der Waals surface area (Å²) in [6.07, 6.45) is 1.79. The number of unbranched alkanes of at least 4 members (excludes halogenated alkanes) is 1. The van der Waals surface area contributed by atoms with Crippen molar-refractivity contribution in [2.24, 2.45) is 5.73 Å². The fourth-order valence-electron chi connectivity index (χ4n) is 1.86. The van der Waals surface area contributed by atoms with Crippen LogP contribution >= 0.6 is 0 Å². The van der Waals surface area contributed by atoms with Crippen molar-refractivity contribution in [2.45, 2.75) is 32.4 Å². The van der Waals surface area contributed by atoms with Crippen LogP contribution in [-0.4, -0.2) is 13.7 Å². The van der Waals surface area contributed by atoms with Gasteiger partial charge in [0, 0.05) is 5.56 Å². The third-order valence-electron chi connectivity index (χ3n) is 2.70. The van der Waals surface area contributed by atoms with Crippen molar-refractivity contribution in [3.05, 3.63) is 29.3 Å². The molecule has 2 nitrogen and oxygen atoms in total. The summed E-state index contributed by atoms with van der Waals surface area (Å²) in [5.74, 6) is 0.777. The number of rotatable bonds is 6. The minimum Gasteiger partial charge on any atom is -0.496 e. The molecule has 0 saturated carbocycles. The first-order valence-electron chi connectivity index (χ1n) is 5.70. The van der Waals surface area contributed by atoms with E-state index >= 15 is 0 Å². The summed E-state index contributed by atoms with van der Waals surface area (Å²) in [7, 11) is 1.62. The molecule has 0 heterocycles. The second kappa shape index (κ2) is 6.48. The fourth-order valence-corrected chi connectivity index (χ4v) is 1.86. The Bertz CT molecular complexity index is 326. The van der Waals surface area contributed by atoms with E-state index in [0.29, 0.717) is 6.54 Å². The van der Waals surface area contributed by atoms with Crippen molar-refractivity contribution < 1.29 is 9.13 Å². The lowest BCUT2D eigenvalue weighted by atomic mass is 9.98. The van der Waals surface area contributed by atoms with E-state index < -0.39 is 6.17 Å². The van der Waals surface area contributed by atoms with E-state index in [0.717, 1.165) is 36.1 Å². The van der Waals surface area contributed by atoms with Crippen LogP contribution in [0, 0.1) is 0 Å². The van der Waals surface area contributed by atoms with E-state index in [2.05, 4.69) is 0 Å². The number of halogens is 1. The monoisotopic (exact) mass is 225 g/mol. The lowest BCUT2D eigenvalue weighted by Gasteiger charge is -2.14. The maximum absolute atomic E-state index is 13.4. The Kier molecular flexibility index (Phi) is 5.26. The van der Waals surface area contributed by atoms with Gasteiger partial charge in [-0.2, -0.15) is 0 Å². The summed E-state index contributed by atoms with van der Waals surface area (Å²) in [4.78, 5) is 0. The second-order valence-corrected chi connectivity index (χ2v) is 3.89. The molecule has 3 heteroatoms. The van der Waals surface area contributed by atoms with Gasteiger partial charge >= 0.3 is 0 Å². The zero-order chi connectivity index (χ0) is 12.0. The Morgan fingerprint density at radius 3 is 2.69 bits per heavy atom. The van der Waals surface area contributed by atoms with Crippen LogP contribution in [0.5, 0.6) is 5.75 Å². The summed E-state index contributed by atoms with van der Waals surface area (Å²) < 4.78 is 18.7. The molecular formula is C13H20FNO. The first kappa shape index (κ1) is 13.0. The summed E-state index contributed by atoms with van der Waals surface area (Å²) >= 11 is 0. The summed E-state index contributed by atoms with van der Waals surface area (Å²) in [6, 6.07) is 5.53. The fraction of sp³-hybridized carbons (Fsp3) is 0.538. The minimum absolute atomic E-state index is 0.676. The quantitative estimate of drug-likeness (QED) is 0.755. The molecule has 0 amide bonds. The topological polar surface area (TPSA) is 35.2 Å². The third-order valence-corrected chi connectivity index (χ3v) is 2.70. The highest BCUT2D eigenvalue weighted by atomic mass is 19.1. The largest absolute Gasteiger partial charge is 0.496 e. The van der Waals surface area contributed by atoms with Crippen molar-refractivity contribution in [3.8, 4) is 5.75 Å². The first-order chi connectivity index (χ1) is 7.70. The highest BCUT2D eigenvalue weighted by Gasteiger charge is 2.13. The molecule has 1 rings (SSSR count). The molecule has 1 aromatic rings. The Labute approximate surface area is 96.6 Å². The van der Waals surface area contributed by atoms with Crippen LogP contribution in [0.2, 0.25) is 0 Å². The van der Waals surface area contributed by atoms with Crippen LogP contribution in [0.4, 0.5) is 4.39 Å². The van der Waals surface area contributed by atoms with Gasteiger partial charge in [-0.05, 0) is 44.4 Å². The van der Waals surface area contributed by atoms with Crippen LogP contribution in [0.3, 0.4) is 0 Å². The molecule has 90 valence electrons. The van der Waals surface area contributed by atoms with Crippen LogP contribution in [0.15, 0.2) is 18.2 Å². The lowest BCUT2D eigenvalue weighted by molar-refractivity contribution is 0.364. The zero-order valence-electron chi connectivity index (χ0n) is 10.0. The third kappa shape index (κ3) is 3.20. The molecule has 1 atom stereocenters. The van der Waals surface area contributed by atoms with Gasteiger partial charge < -0.3 is 10.5 Å². The number of ether oxygens (including phenoxy) is 1. The zero-order valence-corrected chi connectivity index (χ0v) is 10.0. The predicted octanol–water partition coefficient (Wildman–Crippen LogP) is 3.01. The Hall–Kier alpha value is -1.09. The number of alkyl halides is 1. The standard InChI is InChI=1S/C13H20FNO/c1-10(14)11-7-5-8-13(16-2)12(11)6-3-4-9-15/h5,7-8,10H,3-4,6,9,15H2,1-2H3. The van der Waals surface area contributed by atoms with Gasteiger partial charge in [-0.25, -0.2) is 4.39 Å². The van der Waals surface area contributed by atoms with Gasteiger partial charge in [0.2, 0.25) is 0 Å². The summed E-state index contributed by atoms with van der Waals surface area (Å²) in [5.41, 5.74) is 7.17. The molecule has 2 N–H and O–H groups in total. The summed E-state index contributed by atoms with van der Waals surface area (Å²) in [6.45, 7) is 2.23. The molecule has 1 unspecified atom stereocenters. The minimum atomic E-state index is -0.956. The maximum Gasteiger partial charge on any atom is 0.123 e. The number of benzene rings is 1. The van der Waals surface area contributed by atoms with E-state index in [1.165, 1.54) is 0 Å². The van der Waals surface area contributed by atoms with E-state index in [9.17, 15) is 4.39 Å². The van der Waals surface area contributed by atoms with Gasteiger partial charge in [0.15, 0.2) is 0 Å². The highest BCUT2D eigenvalue weighted by molar-refractivity contribution is 5.41.